The first-order chi connectivity index (χ1) is 9.00. The molecule has 1 aromatic carbocycles. The zero-order valence-corrected chi connectivity index (χ0v) is 12.3. The van der Waals surface area contributed by atoms with Gasteiger partial charge >= 0.3 is 0 Å². The van der Waals surface area contributed by atoms with Crippen LogP contribution in [0.2, 0.25) is 0 Å². The SMILES string of the molecule is CCCc1ccc(C(N)CC2CCS(=O)(=O)C2)cc1. The van der Waals surface area contributed by atoms with Gasteiger partial charge in [0.2, 0.25) is 0 Å². The van der Waals surface area contributed by atoms with Crippen molar-refractivity contribution < 1.29 is 8.42 Å². The summed E-state index contributed by atoms with van der Waals surface area (Å²) in [6.07, 6.45) is 3.78. The van der Waals surface area contributed by atoms with Gasteiger partial charge in [-0.2, -0.15) is 0 Å². The summed E-state index contributed by atoms with van der Waals surface area (Å²) in [5.74, 6) is 0.879. The third-order valence-corrected chi connectivity index (χ3v) is 5.70. The highest BCUT2D eigenvalue weighted by atomic mass is 32.2. The average Bonchev–Trinajstić information content (AvgIpc) is 2.70. The molecule has 1 fully saturated rings. The summed E-state index contributed by atoms with van der Waals surface area (Å²) in [5.41, 5.74) is 8.64. The fraction of sp³-hybridized carbons (Fsp3) is 0.600. The Labute approximate surface area is 116 Å². The number of hydrogen-bond donors (Lipinski definition) is 1. The lowest BCUT2D eigenvalue weighted by atomic mass is 9.94. The molecule has 2 N–H and O–H groups in total. The first kappa shape index (κ1) is 14.5. The molecule has 1 saturated heterocycles. The van der Waals surface area contributed by atoms with Crippen molar-refractivity contribution in [2.45, 2.75) is 38.6 Å². The van der Waals surface area contributed by atoms with E-state index in [-0.39, 0.29) is 12.0 Å². The molecule has 2 atom stereocenters. The first-order valence-corrected chi connectivity index (χ1v) is 8.87. The van der Waals surface area contributed by atoms with Crippen molar-refractivity contribution >= 4 is 9.84 Å². The van der Waals surface area contributed by atoms with Crippen molar-refractivity contribution in [3.05, 3.63) is 35.4 Å². The van der Waals surface area contributed by atoms with Crippen LogP contribution >= 0.6 is 0 Å². The highest BCUT2D eigenvalue weighted by Gasteiger charge is 2.29. The minimum atomic E-state index is -2.79. The van der Waals surface area contributed by atoms with Crippen LogP contribution in [0.4, 0.5) is 0 Å². The van der Waals surface area contributed by atoms with E-state index in [1.54, 1.807) is 0 Å². The third kappa shape index (κ3) is 4.05. The molecule has 0 spiro atoms. The van der Waals surface area contributed by atoms with Crippen LogP contribution in [0.3, 0.4) is 0 Å². The van der Waals surface area contributed by atoms with E-state index in [0.29, 0.717) is 11.5 Å². The highest BCUT2D eigenvalue weighted by molar-refractivity contribution is 7.91. The van der Waals surface area contributed by atoms with Crippen molar-refractivity contribution in [1.29, 1.82) is 0 Å². The average molecular weight is 281 g/mol. The molecule has 106 valence electrons. The summed E-state index contributed by atoms with van der Waals surface area (Å²) >= 11 is 0. The Hall–Kier alpha value is -0.870. The quantitative estimate of drug-likeness (QED) is 0.902. The predicted molar refractivity (Wildman–Crippen MR) is 78.7 cm³/mol. The van der Waals surface area contributed by atoms with E-state index in [2.05, 4.69) is 31.2 Å². The van der Waals surface area contributed by atoms with Gasteiger partial charge in [-0.25, -0.2) is 8.42 Å². The topological polar surface area (TPSA) is 60.2 Å². The maximum atomic E-state index is 11.4. The van der Waals surface area contributed by atoms with E-state index < -0.39 is 9.84 Å². The molecule has 0 aliphatic carbocycles. The van der Waals surface area contributed by atoms with Gasteiger partial charge in [-0.15, -0.1) is 0 Å². The van der Waals surface area contributed by atoms with Crippen LogP contribution in [-0.4, -0.2) is 19.9 Å². The fourth-order valence-electron chi connectivity index (χ4n) is 2.77. The smallest absolute Gasteiger partial charge is 0.150 e. The van der Waals surface area contributed by atoms with E-state index in [1.165, 1.54) is 5.56 Å². The maximum Gasteiger partial charge on any atom is 0.150 e. The molecule has 0 aromatic heterocycles. The Balaban J connectivity index is 1.94. The molecule has 0 amide bonds. The van der Waals surface area contributed by atoms with Gasteiger partial charge in [-0.3, -0.25) is 0 Å². The van der Waals surface area contributed by atoms with Gasteiger partial charge in [-0.1, -0.05) is 37.6 Å². The van der Waals surface area contributed by atoms with E-state index in [1.807, 2.05) is 0 Å². The molecule has 1 aliphatic rings. The van der Waals surface area contributed by atoms with E-state index in [0.717, 1.165) is 31.2 Å². The van der Waals surface area contributed by atoms with E-state index >= 15 is 0 Å². The van der Waals surface area contributed by atoms with Crippen molar-refractivity contribution in [2.75, 3.05) is 11.5 Å². The van der Waals surface area contributed by atoms with E-state index in [4.69, 9.17) is 5.73 Å². The van der Waals surface area contributed by atoms with Crippen LogP contribution in [0.1, 0.15) is 43.4 Å². The fourth-order valence-corrected chi connectivity index (χ4v) is 4.65. The van der Waals surface area contributed by atoms with Crippen LogP contribution in [0.5, 0.6) is 0 Å². The van der Waals surface area contributed by atoms with E-state index in [9.17, 15) is 8.42 Å². The lowest BCUT2D eigenvalue weighted by molar-refractivity contribution is 0.481. The number of sulfone groups is 1. The zero-order valence-electron chi connectivity index (χ0n) is 11.5. The Bertz CT molecular complexity index is 507. The molecule has 1 aromatic rings. The van der Waals surface area contributed by atoms with Crippen LogP contribution < -0.4 is 5.73 Å². The Morgan fingerprint density at radius 2 is 2.00 bits per heavy atom. The maximum absolute atomic E-state index is 11.4. The van der Waals surface area contributed by atoms with Gasteiger partial charge in [0, 0.05) is 6.04 Å². The minimum absolute atomic E-state index is 0.0472. The molecule has 0 radical (unpaired) electrons. The zero-order chi connectivity index (χ0) is 13.9. The lowest BCUT2D eigenvalue weighted by Crippen LogP contribution is -2.16. The molecular formula is C15H23NO2S. The molecule has 4 heteroatoms. The standard InChI is InChI=1S/C15H23NO2S/c1-2-3-12-4-6-14(7-5-12)15(16)10-13-8-9-19(17,18)11-13/h4-7,13,15H,2-3,8-11,16H2,1H3. The van der Waals surface area contributed by atoms with Gasteiger partial charge in [0.05, 0.1) is 11.5 Å². The Morgan fingerprint density at radius 3 is 2.53 bits per heavy atom. The molecule has 2 unspecified atom stereocenters. The van der Waals surface area contributed by atoms with Gasteiger partial charge in [-0.05, 0) is 36.3 Å². The van der Waals surface area contributed by atoms with Crippen molar-refractivity contribution in [2.24, 2.45) is 11.7 Å². The van der Waals surface area contributed by atoms with Crippen LogP contribution in [-0.2, 0) is 16.3 Å². The monoisotopic (exact) mass is 281 g/mol. The van der Waals surface area contributed by atoms with Gasteiger partial charge in [0.15, 0.2) is 9.84 Å². The van der Waals surface area contributed by atoms with Crippen molar-refractivity contribution in [3.63, 3.8) is 0 Å². The van der Waals surface area contributed by atoms with Crippen LogP contribution in [0.15, 0.2) is 24.3 Å². The second-order valence-corrected chi connectivity index (χ2v) is 7.83. The number of rotatable bonds is 5. The summed E-state index contributed by atoms with van der Waals surface area (Å²) in [4.78, 5) is 0. The number of benzene rings is 1. The molecule has 1 heterocycles. The second kappa shape index (κ2) is 6.06. The third-order valence-electron chi connectivity index (χ3n) is 3.86. The Kier molecular flexibility index (Phi) is 4.63. The number of aryl methyl sites for hydroxylation is 1. The molecule has 0 bridgehead atoms. The van der Waals surface area contributed by atoms with Gasteiger partial charge in [0.25, 0.3) is 0 Å². The molecular weight excluding hydrogens is 258 g/mol. The van der Waals surface area contributed by atoms with Crippen molar-refractivity contribution in [3.8, 4) is 0 Å². The first-order valence-electron chi connectivity index (χ1n) is 7.05. The number of nitrogens with two attached hydrogens (primary N) is 1. The summed E-state index contributed by atoms with van der Waals surface area (Å²) in [6.45, 7) is 2.17. The summed E-state index contributed by atoms with van der Waals surface area (Å²) in [7, 11) is -2.79. The summed E-state index contributed by atoms with van der Waals surface area (Å²) in [5, 5.41) is 0. The van der Waals surface area contributed by atoms with Gasteiger partial charge < -0.3 is 5.73 Å². The normalized spacial score (nSPS) is 23.4. The minimum Gasteiger partial charge on any atom is -0.324 e. The molecule has 3 nitrogen and oxygen atoms in total. The van der Waals surface area contributed by atoms with Crippen molar-refractivity contribution in [1.82, 2.24) is 0 Å². The molecule has 2 rings (SSSR count). The lowest BCUT2D eigenvalue weighted by Gasteiger charge is -2.16. The highest BCUT2D eigenvalue weighted by Crippen LogP contribution is 2.27. The summed E-state index contributed by atoms with van der Waals surface area (Å²) < 4.78 is 22.9. The van der Waals surface area contributed by atoms with Crippen LogP contribution in [0, 0.1) is 5.92 Å². The summed E-state index contributed by atoms with van der Waals surface area (Å²) in [6, 6.07) is 8.38. The number of hydrogen-bond acceptors (Lipinski definition) is 3. The molecule has 19 heavy (non-hydrogen) atoms. The van der Waals surface area contributed by atoms with Gasteiger partial charge in [0.1, 0.15) is 0 Å². The molecule has 1 aliphatic heterocycles. The second-order valence-electron chi connectivity index (χ2n) is 5.60. The van der Waals surface area contributed by atoms with Crippen LogP contribution in [0.25, 0.3) is 0 Å². The predicted octanol–water partition coefficient (Wildman–Crippen LogP) is 2.46. The largest absolute Gasteiger partial charge is 0.324 e. The molecule has 0 saturated carbocycles. The Morgan fingerprint density at radius 1 is 1.32 bits per heavy atom.